The van der Waals surface area contributed by atoms with Crippen molar-refractivity contribution in [2.75, 3.05) is 6.61 Å². The Kier molecular flexibility index (Phi) is 6.48. The van der Waals surface area contributed by atoms with E-state index in [1.54, 1.807) is 0 Å². The predicted molar refractivity (Wildman–Crippen MR) is 75.2 cm³/mol. The highest BCUT2D eigenvalue weighted by Gasteiger charge is 2.15. The molecule has 0 bridgehead atoms. The topological polar surface area (TPSA) is 26.3 Å². The Morgan fingerprint density at radius 2 is 1.72 bits per heavy atom. The Balaban J connectivity index is 2.61. The molecule has 0 spiro atoms. The minimum absolute atomic E-state index is 0.150. The van der Waals surface area contributed by atoms with Crippen LogP contribution in [0, 0.1) is 5.92 Å². The third-order valence-corrected chi connectivity index (χ3v) is 3.26. The van der Waals surface area contributed by atoms with Gasteiger partial charge in [0.25, 0.3) is 0 Å². The number of hydrogen-bond acceptors (Lipinski definition) is 2. The molecule has 2 nitrogen and oxygen atoms in total. The first-order chi connectivity index (χ1) is 8.72. The second-order valence-corrected chi connectivity index (χ2v) is 4.60. The highest BCUT2D eigenvalue weighted by Crippen LogP contribution is 2.18. The molecule has 0 aliphatic heterocycles. The van der Waals surface area contributed by atoms with E-state index < -0.39 is 0 Å². The average molecular weight is 248 g/mol. The summed E-state index contributed by atoms with van der Waals surface area (Å²) in [6, 6.07) is 7.54. The third-order valence-electron chi connectivity index (χ3n) is 3.26. The molecular formula is C16H24O2. The molecule has 0 unspecified atom stereocenters. The molecule has 0 saturated carbocycles. The van der Waals surface area contributed by atoms with Crippen molar-refractivity contribution < 1.29 is 9.53 Å². The molecule has 0 fully saturated rings. The van der Waals surface area contributed by atoms with Crippen molar-refractivity contribution in [3.05, 3.63) is 29.8 Å². The van der Waals surface area contributed by atoms with Crippen molar-refractivity contribution in [3.63, 3.8) is 0 Å². The second kappa shape index (κ2) is 7.91. The number of carbonyl (C=O) groups excluding carboxylic acids is 1. The van der Waals surface area contributed by atoms with Crippen molar-refractivity contribution in [1.29, 1.82) is 0 Å². The number of ketones is 1. The lowest BCUT2D eigenvalue weighted by Crippen LogP contribution is -2.12. The first-order valence-corrected chi connectivity index (χ1v) is 6.99. The van der Waals surface area contributed by atoms with Gasteiger partial charge >= 0.3 is 0 Å². The third kappa shape index (κ3) is 4.17. The molecule has 0 aliphatic rings. The SMILES string of the molecule is CCCCOc1ccc(C(=O)C(CC)CC)cc1. The van der Waals surface area contributed by atoms with E-state index in [1.807, 2.05) is 24.3 Å². The molecule has 2 heteroatoms. The largest absolute Gasteiger partial charge is 0.494 e. The molecule has 1 aromatic carbocycles. The fourth-order valence-electron chi connectivity index (χ4n) is 1.94. The van der Waals surface area contributed by atoms with Crippen LogP contribution in [0.2, 0.25) is 0 Å². The van der Waals surface area contributed by atoms with Gasteiger partial charge in [-0.05, 0) is 43.5 Å². The smallest absolute Gasteiger partial charge is 0.165 e. The molecule has 0 amide bonds. The molecule has 0 aromatic heterocycles. The molecular weight excluding hydrogens is 224 g/mol. The minimum atomic E-state index is 0.150. The van der Waals surface area contributed by atoms with Crippen LogP contribution in [0.1, 0.15) is 56.8 Å². The monoisotopic (exact) mass is 248 g/mol. The molecule has 0 saturated heterocycles. The zero-order valence-electron chi connectivity index (χ0n) is 11.7. The Morgan fingerprint density at radius 1 is 1.11 bits per heavy atom. The van der Waals surface area contributed by atoms with Gasteiger partial charge in [0.05, 0.1) is 6.61 Å². The van der Waals surface area contributed by atoms with Crippen LogP contribution >= 0.6 is 0 Å². The predicted octanol–water partition coefficient (Wildman–Crippen LogP) is 4.48. The summed E-state index contributed by atoms with van der Waals surface area (Å²) < 4.78 is 5.58. The first kappa shape index (κ1) is 14.7. The number of rotatable bonds is 8. The number of Topliss-reactive ketones (excluding diaryl/α,β-unsaturated/α-hetero) is 1. The molecule has 100 valence electrons. The summed E-state index contributed by atoms with van der Waals surface area (Å²) in [6.45, 7) is 7.01. The molecule has 0 heterocycles. The number of ether oxygens (including phenoxy) is 1. The van der Waals surface area contributed by atoms with Gasteiger partial charge in [0.1, 0.15) is 5.75 Å². The van der Waals surface area contributed by atoms with E-state index in [2.05, 4.69) is 20.8 Å². The molecule has 0 aliphatic carbocycles. The Morgan fingerprint density at radius 3 is 2.22 bits per heavy atom. The maximum absolute atomic E-state index is 12.1. The van der Waals surface area contributed by atoms with Gasteiger partial charge in [0.2, 0.25) is 0 Å². The average Bonchev–Trinajstić information content (AvgIpc) is 2.41. The summed E-state index contributed by atoms with van der Waals surface area (Å²) in [6.07, 6.45) is 4.01. The van der Waals surface area contributed by atoms with Crippen LogP contribution in [0.4, 0.5) is 0 Å². The van der Waals surface area contributed by atoms with Crippen LogP contribution in [0.5, 0.6) is 5.75 Å². The molecule has 18 heavy (non-hydrogen) atoms. The summed E-state index contributed by atoms with van der Waals surface area (Å²) in [5.41, 5.74) is 0.798. The van der Waals surface area contributed by atoms with Crippen LogP contribution in [0.25, 0.3) is 0 Å². The van der Waals surface area contributed by atoms with Crippen LogP contribution < -0.4 is 4.74 Å². The normalized spacial score (nSPS) is 10.7. The summed E-state index contributed by atoms with van der Waals surface area (Å²) in [4.78, 5) is 12.1. The lowest BCUT2D eigenvalue weighted by molar-refractivity contribution is 0.0913. The molecule has 0 N–H and O–H groups in total. The molecule has 0 radical (unpaired) electrons. The van der Waals surface area contributed by atoms with Gasteiger partial charge in [-0.1, -0.05) is 27.2 Å². The quantitative estimate of drug-likeness (QED) is 0.500. The van der Waals surface area contributed by atoms with Crippen molar-refractivity contribution >= 4 is 5.78 Å². The fourth-order valence-corrected chi connectivity index (χ4v) is 1.94. The van der Waals surface area contributed by atoms with Crippen LogP contribution in [0.3, 0.4) is 0 Å². The highest BCUT2D eigenvalue weighted by molar-refractivity contribution is 5.97. The van der Waals surface area contributed by atoms with E-state index in [9.17, 15) is 4.79 Å². The zero-order chi connectivity index (χ0) is 13.4. The minimum Gasteiger partial charge on any atom is -0.494 e. The van der Waals surface area contributed by atoms with Crippen molar-refractivity contribution in [2.24, 2.45) is 5.92 Å². The number of hydrogen-bond donors (Lipinski definition) is 0. The second-order valence-electron chi connectivity index (χ2n) is 4.60. The Labute approximate surface area is 110 Å². The van der Waals surface area contributed by atoms with Crippen molar-refractivity contribution in [2.45, 2.75) is 46.5 Å². The molecule has 0 atom stereocenters. The van der Waals surface area contributed by atoms with E-state index in [1.165, 1.54) is 0 Å². The lowest BCUT2D eigenvalue weighted by atomic mass is 9.93. The summed E-state index contributed by atoms with van der Waals surface area (Å²) >= 11 is 0. The van der Waals surface area contributed by atoms with Gasteiger partial charge in [-0.2, -0.15) is 0 Å². The van der Waals surface area contributed by atoms with E-state index in [4.69, 9.17) is 4.74 Å². The van der Waals surface area contributed by atoms with E-state index in [0.29, 0.717) is 0 Å². The number of unbranched alkanes of at least 4 members (excludes halogenated alkanes) is 1. The Hall–Kier alpha value is -1.31. The molecule has 1 aromatic rings. The van der Waals surface area contributed by atoms with Gasteiger partial charge in [0.15, 0.2) is 5.78 Å². The first-order valence-electron chi connectivity index (χ1n) is 6.99. The van der Waals surface area contributed by atoms with Gasteiger partial charge < -0.3 is 4.74 Å². The Bertz CT molecular complexity index is 350. The van der Waals surface area contributed by atoms with Crippen LogP contribution in [0.15, 0.2) is 24.3 Å². The van der Waals surface area contributed by atoms with Crippen LogP contribution in [-0.2, 0) is 0 Å². The maximum atomic E-state index is 12.1. The van der Waals surface area contributed by atoms with Gasteiger partial charge in [-0.15, -0.1) is 0 Å². The van der Waals surface area contributed by atoms with Gasteiger partial charge in [0, 0.05) is 11.5 Å². The van der Waals surface area contributed by atoms with Crippen LogP contribution in [-0.4, -0.2) is 12.4 Å². The lowest BCUT2D eigenvalue weighted by Gasteiger charge is -2.11. The summed E-state index contributed by atoms with van der Waals surface area (Å²) in [5.74, 6) is 1.25. The molecule has 1 rings (SSSR count). The zero-order valence-corrected chi connectivity index (χ0v) is 11.7. The number of carbonyl (C=O) groups is 1. The summed E-state index contributed by atoms with van der Waals surface area (Å²) in [7, 11) is 0. The van der Waals surface area contributed by atoms with E-state index in [0.717, 1.165) is 43.6 Å². The van der Waals surface area contributed by atoms with Gasteiger partial charge in [-0.25, -0.2) is 0 Å². The fraction of sp³-hybridized carbons (Fsp3) is 0.562. The number of benzene rings is 1. The standard InChI is InChI=1S/C16H24O2/c1-4-7-12-18-15-10-8-14(9-11-15)16(17)13(5-2)6-3/h8-11,13H,4-7,12H2,1-3H3. The van der Waals surface area contributed by atoms with Gasteiger partial charge in [-0.3, -0.25) is 4.79 Å². The van der Waals surface area contributed by atoms with E-state index in [-0.39, 0.29) is 11.7 Å². The highest BCUT2D eigenvalue weighted by atomic mass is 16.5. The van der Waals surface area contributed by atoms with Crippen molar-refractivity contribution in [1.82, 2.24) is 0 Å². The van der Waals surface area contributed by atoms with Crippen molar-refractivity contribution in [3.8, 4) is 5.75 Å². The summed E-state index contributed by atoms with van der Waals surface area (Å²) in [5, 5.41) is 0. The van der Waals surface area contributed by atoms with E-state index >= 15 is 0 Å². The maximum Gasteiger partial charge on any atom is 0.165 e.